The van der Waals surface area contributed by atoms with Crippen LogP contribution < -0.4 is 10.2 Å². The first-order valence-corrected chi connectivity index (χ1v) is 12.7. The minimum absolute atomic E-state index is 0.0523. The van der Waals surface area contributed by atoms with E-state index in [2.05, 4.69) is 0 Å². The second-order valence-corrected chi connectivity index (χ2v) is 10.8. The molecule has 0 radical (unpaired) electrons. The van der Waals surface area contributed by atoms with E-state index in [0.29, 0.717) is 17.7 Å². The number of hydrogen-bond acceptors (Lipinski definition) is 11. The molecular formula is C27H31NO10. The van der Waals surface area contributed by atoms with Gasteiger partial charge in [-0.05, 0) is 38.8 Å². The normalized spacial score (nSPS) is 39.1. The largest absolute Gasteiger partial charge is 0.504 e. The van der Waals surface area contributed by atoms with Crippen LogP contribution in [0.4, 0.5) is 0 Å². The third kappa shape index (κ3) is 3.11. The summed E-state index contributed by atoms with van der Waals surface area (Å²) in [5.74, 6) is -2.77. The Kier molecular flexibility index (Phi) is 5.43. The molecule has 8 atom stereocenters. The highest BCUT2D eigenvalue weighted by molar-refractivity contribution is 6.28. The van der Waals surface area contributed by atoms with Crippen LogP contribution in [0.15, 0.2) is 28.2 Å². The molecule has 8 unspecified atom stereocenters. The molecule has 0 amide bonds. The van der Waals surface area contributed by atoms with Crippen LogP contribution in [0.3, 0.4) is 0 Å². The van der Waals surface area contributed by atoms with E-state index in [1.54, 1.807) is 19.9 Å². The van der Waals surface area contributed by atoms with E-state index in [0.717, 1.165) is 6.07 Å². The molecule has 1 aromatic rings. The first-order chi connectivity index (χ1) is 17.9. The van der Waals surface area contributed by atoms with Crippen molar-refractivity contribution in [2.45, 2.75) is 82.3 Å². The molecule has 204 valence electrons. The van der Waals surface area contributed by atoms with Gasteiger partial charge in [-0.2, -0.15) is 0 Å². The van der Waals surface area contributed by atoms with Gasteiger partial charge in [-0.15, -0.1) is 0 Å². The molecule has 1 aromatic carbocycles. The zero-order valence-corrected chi connectivity index (χ0v) is 21.7. The summed E-state index contributed by atoms with van der Waals surface area (Å²) in [4.78, 5) is 29.4. The fourth-order valence-corrected chi connectivity index (χ4v) is 6.59. The lowest BCUT2D eigenvalue weighted by molar-refractivity contribution is -0.310. The minimum atomic E-state index is -2.34. The molecule has 11 heteroatoms. The van der Waals surface area contributed by atoms with E-state index in [4.69, 9.17) is 18.9 Å². The van der Waals surface area contributed by atoms with E-state index in [-0.39, 0.29) is 35.0 Å². The zero-order chi connectivity index (χ0) is 27.5. The molecule has 5 aliphatic rings. The second kappa shape index (κ2) is 8.10. The van der Waals surface area contributed by atoms with Gasteiger partial charge in [-0.3, -0.25) is 9.59 Å². The van der Waals surface area contributed by atoms with Crippen LogP contribution in [0.2, 0.25) is 0 Å². The molecule has 1 aliphatic carbocycles. The van der Waals surface area contributed by atoms with Gasteiger partial charge in [0.2, 0.25) is 6.29 Å². The van der Waals surface area contributed by atoms with Crippen molar-refractivity contribution in [2.75, 3.05) is 13.7 Å². The number of Topliss-reactive ketones (excluding diaryl/α,β-unsaturated/α-hetero) is 1. The van der Waals surface area contributed by atoms with Crippen molar-refractivity contribution in [2.24, 2.45) is 0 Å². The summed E-state index contributed by atoms with van der Waals surface area (Å²) in [5, 5.41) is 44.9. The fraction of sp³-hybridized carbons (Fsp3) is 0.556. The molecule has 0 bridgehead atoms. The Balaban J connectivity index is 1.58. The first-order valence-electron chi connectivity index (χ1n) is 12.7. The summed E-state index contributed by atoms with van der Waals surface area (Å²) in [6.07, 6.45) is -3.09. The van der Waals surface area contributed by atoms with E-state index >= 15 is 0 Å². The number of allylic oxidation sites excluding steroid dienone is 2. The average Bonchev–Trinajstić information content (AvgIpc) is 3.25. The number of carbonyl (C=O) groups excluding carboxylic acids is 1. The van der Waals surface area contributed by atoms with Gasteiger partial charge in [0.05, 0.1) is 29.5 Å². The molecule has 2 fully saturated rings. The molecule has 0 aromatic heterocycles. The Morgan fingerprint density at radius 1 is 1.24 bits per heavy atom. The number of nitrogens with zero attached hydrogens (tertiary/aromatic N) is 1. The number of fused-ring (bicyclic) bond motifs is 7. The summed E-state index contributed by atoms with van der Waals surface area (Å²) in [7, 11) is 1.34. The summed E-state index contributed by atoms with van der Waals surface area (Å²) in [6, 6.07) is 0.785. The number of ether oxygens (including phenoxy) is 4. The van der Waals surface area contributed by atoms with Crippen molar-refractivity contribution in [1.29, 1.82) is 0 Å². The van der Waals surface area contributed by atoms with Gasteiger partial charge in [0.25, 0.3) is 0 Å². The van der Waals surface area contributed by atoms with Crippen LogP contribution in [-0.4, -0.2) is 87.3 Å². The molecule has 0 spiro atoms. The van der Waals surface area contributed by atoms with Gasteiger partial charge >= 0.3 is 0 Å². The van der Waals surface area contributed by atoms with Gasteiger partial charge in [-0.25, -0.2) is 0 Å². The van der Waals surface area contributed by atoms with Crippen molar-refractivity contribution in [3.63, 3.8) is 0 Å². The standard InChI is InChI=1S/C27H31NO10/c1-6-15-19-17-12(7-10(2)28(19)9-26(4,33)38-15)16-13(20(17)30)8-14(29)18-23(21(16)31)37-25-27(18,34)24(32)22(35-5)11(3)36-25/h7-8,10-11,15,22,24-25,31-34H,6,9H2,1-5H3. The Hall–Kier alpha value is -2.80. The molecule has 6 rings (SSSR count). The van der Waals surface area contributed by atoms with E-state index < -0.39 is 64.6 Å². The Labute approximate surface area is 218 Å². The lowest BCUT2D eigenvalue weighted by Gasteiger charge is -2.48. The summed E-state index contributed by atoms with van der Waals surface area (Å²) in [5.41, 5.74) is -2.20. The Morgan fingerprint density at radius 2 is 1.95 bits per heavy atom. The monoisotopic (exact) mass is 529 g/mol. The molecule has 4 heterocycles. The number of rotatable bonds is 2. The van der Waals surface area contributed by atoms with Crippen molar-refractivity contribution in [3.8, 4) is 11.5 Å². The summed E-state index contributed by atoms with van der Waals surface area (Å²) in [6.45, 7) is 7.10. The highest BCUT2D eigenvalue weighted by atomic mass is 16.7. The van der Waals surface area contributed by atoms with Crippen LogP contribution in [0.25, 0.3) is 5.57 Å². The Morgan fingerprint density at radius 3 is 2.61 bits per heavy atom. The maximum atomic E-state index is 13.9. The Bertz CT molecular complexity index is 1380. The maximum Gasteiger partial charge on any atom is 0.236 e. The predicted octanol–water partition coefficient (Wildman–Crippen LogP) is 0.508. The minimum Gasteiger partial charge on any atom is -0.504 e. The van der Waals surface area contributed by atoms with E-state index in [1.165, 1.54) is 7.11 Å². The first kappa shape index (κ1) is 25.5. The molecule has 4 aliphatic heterocycles. The molecule has 11 nitrogen and oxygen atoms in total. The van der Waals surface area contributed by atoms with Gasteiger partial charge < -0.3 is 44.3 Å². The molecular weight excluding hydrogens is 498 g/mol. The summed E-state index contributed by atoms with van der Waals surface area (Å²) >= 11 is 0. The van der Waals surface area contributed by atoms with Crippen molar-refractivity contribution >= 4 is 11.4 Å². The van der Waals surface area contributed by atoms with Crippen molar-refractivity contribution < 1.29 is 44.2 Å². The topological polar surface area (TPSA) is 155 Å². The molecule has 0 saturated carbocycles. The number of aliphatic hydroxyl groups is 3. The number of aliphatic hydroxyl groups excluding tert-OH is 1. The lowest BCUT2D eigenvalue weighted by Crippen LogP contribution is -2.63. The zero-order valence-electron chi connectivity index (χ0n) is 21.7. The number of morpholine rings is 1. The number of hydrogen-bond donors (Lipinski definition) is 4. The van der Waals surface area contributed by atoms with Crippen molar-refractivity contribution in [1.82, 2.24) is 4.90 Å². The third-order valence-electron chi connectivity index (χ3n) is 8.30. The van der Waals surface area contributed by atoms with Crippen LogP contribution >= 0.6 is 0 Å². The predicted molar refractivity (Wildman–Crippen MR) is 131 cm³/mol. The third-order valence-corrected chi connectivity index (χ3v) is 8.30. The SMILES string of the molecule is CCC1OC(C)(O)CN2C1=C1C(=O)c3cc(=O)c4c(c(O)c3C1=CC2C)OC1OC(C)C(OC)C(O)C41O. The molecule has 4 N–H and O–H groups in total. The van der Waals surface area contributed by atoms with E-state index in [9.17, 15) is 30.0 Å². The molecule has 38 heavy (non-hydrogen) atoms. The van der Waals surface area contributed by atoms with Gasteiger partial charge in [0.15, 0.2) is 34.1 Å². The van der Waals surface area contributed by atoms with Crippen LogP contribution in [-0.2, 0) is 19.8 Å². The van der Waals surface area contributed by atoms with Crippen LogP contribution in [0.1, 0.15) is 55.6 Å². The maximum absolute atomic E-state index is 13.9. The number of aromatic hydroxyl groups is 1. The van der Waals surface area contributed by atoms with Gasteiger partial charge in [0.1, 0.15) is 18.3 Å². The smallest absolute Gasteiger partial charge is 0.236 e. The highest BCUT2D eigenvalue weighted by Gasteiger charge is 2.63. The van der Waals surface area contributed by atoms with Gasteiger partial charge in [-0.1, -0.05) is 13.0 Å². The quantitative estimate of drug-likeness (QED) is 0.423. The summed E-state index contributed by atoms with van der Waals surface area (Å²) < 4.78 is 22.8. The van der Waals surface area contributed by atoms with Crippen LogP contribution in [0.5, 0.6) is 11.5 Å². The average molecular weight is 530 g/mol. The van der Waals surface area contributed by atoms with Crippen molar-refractivity contribution in [3.05, 3.63) is 50.3 Å². The number of methoxy groups -OCH3 is 1. The molecule has 2 saturated heterocycles. The highest BCUT2D eigenvalue weighted by Crippen LogP contribution is 2.55. The van der Waals surface area contributed by atoms with Gasteiger partial charge in [0, 0.05) is 24.3 Å². The van der Waals surface area contributed by atoms with Crippen LogP contribution in [0, 0.1) is 0 Å². The second-order valence-electron chi connectivity index (χ2n) is 10.8. The van der Waals surface area contributed by atoms with E-state index in [1.807, 2.05) is 18.7 Å². The number of carbonyl (C=O) groups is 1. The lowest BCUT2D eigenvalue weighted by atomic mass is 9.82. The number of ketones is 1. The fourth-order valence-electron chi connectivity index (χ4n) is 6.59.